The third kappa shape index (κ3) is 3.37. The van der Waals surface area contributed by atoms with Crippen LogP contribution in [0.25, 0.3) is 0 Å². The number of ether oxygens (including phenoxy) is 1. The van der Waals surface area contributed by atoms with E-state index in [0.717, 1.165) is 0 Å². The minimum Gasteiger partial charge on any atom is -0.489 e. The van der Waals surface area contributed by atoms with Gasteiger partial charge in [-0.05, 0) is 48.9 Å². The van der Waals surface area contributed by atoms with Crippen molar-refractivity contribution in [1.29, 1.82) is 5.26 Å². The van der Waals surface area contributed by atoms with Gasteiger partial charge in [0.25, 0.3) is 0 Å². The Balaban J connectivity index is 2.19. The number of nitrogens with zero attached hydrogens (tertiary/aromatic N) is 1. The molecule has 4 nitrogen and oxygen atoms in total. The number of rotatable bonds is 4. The Morgan fingerprint density at radius 2 is 2.10 bits per heavy atom. The van der Waals surface area contributed by atoms with Gasteiger partial charge in [-0.2, -0.15) is 5.26 Å². The van der Waals surface area contributed by atoms with Gasteiger partial charge < -0.3 is 9.84 Å². The van der Waals surface area contributed by atoms with E-state index in [2.05, 4.69) is 0 Å². The van der Waals surface area contributed by atoms with Crippen molar-refractivity contribution >= 4 is 5.97 Å². The molecule has 2 rings (SSSR count). The number of hydrogen-bond donors (Lipinski definition) is 1. The molecule has 0 saturated heterocycles. The molecule has 0 saturated carbocycles. The number of aryl methyl sites for hydroxylation is 1. The van der Waals surface area contributed by atoms with E-state index in [-0.39, 0.29) is 12.2 Å². The van der Waals surface area contributed by atoms with Gasteiger partial charge in [0.2, 0.25) is 0 Å². The molecule has 106 valence electrons. The summed E-state index contributed by atoms with van der Waals surface area (Å²) >= 11 is 0. The summed E-state index contributed by atoms with van der Waals surface area (Å²) in [6, 6.07) is 10.3. The molecule has 0 aliphatic rings. The van der Waals surface area contributed by atoms with E-state index in [1.807, 2.05) is 6.07 Å². The van der Waals surface area contributed by atoms with Gasteiger partial charge in [-0.1, -0.05) is 0 Å². The first-order valence-corrected chi connectivity index (χ1v) is 6.16. The second-order valence-electron chi connectivity index (χ2n) is 4.49. The second-order valence-corrected chi connectivity index (χ2v) is 4.49. The Labute approximate surface area is 121 Å². The highest BCUT2D eigenvalue weighted by atomic mass is 19.1. The van der Waals surface area contributed by atoms with Crippen molar-refractivity contribution in [2.75, 3.05) is 0 Å². The first-order valence-electron chi connectivity index (χ1n) is 6.16. The van der Waals surface area contributed by atoms with Gasteiger partial charge in [-0.25, -0.2) is 9.18 Å². The van der Waals surface area contributed by atoms with Crippen LogP contribution in [0.2, 0.25) is 0 Å². The van der Waals surface area contributed by atoms with Gasteiger partial charge >= 0.3 is 5.97 Å². The van der Waals surface area contributed by atoms with Gasteiger partial charge in [-0.15, -0.1) is 0 Å². The van der Waals surface area contributed by atoms with Crippen molar-refractivity contribution in [2.24, 2.45) is 0 Å². The van der Waals surface area contributed by atoms with Crippen LogP contribution in [-0.4, -0.2) is 11.1 Å². The summed E-state index contributed by atoms with van der Waals surface area (Å²) in [6.45, 7) is 1.76. The molecule has 21 heavy (non-hydrogen) atoms. The first-order chi connectivity index (χ1) is 10.0. The molecule has 0 heterocycles. The monoisotopic (exact) mass is 285 g/mol. The smallest absolute Gasteiger partial charge is 0.335 e. The Hall–Kier alpha value is -2.87. The number of nitriles is 1. The molecule has 5 heteroatoms. The molecule has 0 fully saturated rings. The maximum absolute atomic E-state index is 13.2. The quantitative estimate of drug-likeness (QED) is 0.935. The average molecular weight is 285 g/mol. The minimum absolute atomic E-state index is 0.0356. The van der Waals surface area contributed by atoms with E-state index in [0.29, 0.717) is 22.4 Å². The molecule has 0 bridgehead atoms. The Kier molecular flexibility index (Phi) is 4.19. The average Bonchev–Trinajstić information content (AvgIpc) is 2.46. The summed E-state index contributed by atoms with van der Waals surface area (Å²) < 4.78 is 18.7. The molecule has 0 unspecified atom stereocenters. The van der Waals surface area contributed by atoms with Gasteiger partial charge in [0.15, 0.2) is 0 Å². The molecule has 2 aromatic rings. The van der Waals surface area contributed by atoms with Crippen molar-refractivity contribution in [3.63, 3.8) is 0 Å². The van der Waals surface area contributed by atoms with Crippen LogP contribution in [0.1, 0.15) is 27.0 Å². The third-order valence-corrected chi connectivity index (χ3v) is 2.99. The molecule has 0 atom stereocenters. The highest BCUT2D eigenvalue weighted by molar-refractivity contribution is 5.88. The van der Waals surface area contributed by atoms with E-state index in [9.17, 15) is 9.18 Å². The lowest BCUT2D eigenvalue weighted by Crippen LogP contribution is -2.02. The lowest BCUT2D eigenvalue weighted by atomic mass is 10.1. The van der Waals surface area contributed by atoms with Gasteiger partial charge in [0.05, 0.1) is 17.2 Å². The predicted molar refractivity (Wildman–Crippen MR) is 73.6 cm³/mol. The topological polar surface area (TPSA) is 70.3 Å². The first kappa shape index (κ1) is 14.5. The largest absolute Gasteiger partial charge is 0.489 e. The van der Waals surface area contributed by atoms with Gasteiger partial charge in [0, 0.05) is 5.56 Å². The highest BCUT2D eigenvalue weighted by Crippen LogP contribution is 2.21. The van der Waals surface area contributed by atoms with E-state index >= 15 is 0 Å². The maximum Gasteiger partial charge on any atom is 0.335 e. The van der Waals surface area contributed by atoms with Crippen molar-refractivity contribution in [2.45, 2.75) is 13.5 Å². The molecule has 0 aliphatic heterocycles. The van der Waals surface area contributed by atoms with Crippen LogP contribution in [0.4, 0.5) is 4.39 Å². The standard InChI is InChI=1S/C16H12FNO3/c1-10-6-11(16(19)20)3-5-15(10)21-9-13-7-14(17)4-2-12(13)8-18/h2-7H,9H2,1H3,(H,19,20). The van der Waals surface area contributed by atoms with Gasteiger partial charge in [-0.3, -0.25) is 0 Å². The lowest BCUT2D eigenvalue weighted by Gasteiger charge is -2.10. The zero-order valence-electron chi connectivity index (χ0n) is 11.3. The summed E-state index contributed by atoms with van der Waals surface area (Å²) in [5.41, 5.74) is 1.61. The minimum atomic E-state index is -1.01. The van der Waals surface area contributed by atoms with Crippen molar-refractivity contribution in [3.05, 3.63) is 64.5 Å². The molecule has 2 aromatic carbocycles. The predicted octanol–water partition coefficient (Wildman–Crippen LogP) is 3.28. The number of carboxylic acid groups (broad SMARTS) is 1. The van der Waals surface area contributed by atoms with E-state index < -0.39 is 11.8 Å². The molecular formula is C16H12FNO3. The summed E-state index contributed by atoms with van der Waals surface area (Å²) in [5, 5.41) is 17.9. The highest BCUT2D eigenvalue weighted by Gasteiger charge is 2.09. The maximum atomic E-state index is 13.2. The number of benzene rings is 2. The van der Waals surface area contributed by atoms with Crippen LogP contribution >= 0.6 is 0 Å². The number of halogens is 1. The molecule has 0 amide bonds. The normalized spacial score (nSPS) is 9.95. The summed E-state index contributed by atoms with van der Waals surface area (Å²) in [7, 11) is 0. The molecule has 0 aromatic heterocycles. The molecule has 0 aliphatic carbocycles. The Bertz CT molecular complexity index is 735. The molecule has 0 spiro atoms. The molecular weight excluding hydrogens is 273 g/mol. The van der Waals surface area contributed by atoms with Crippen molar-refractivity contribution in [3.8, 4) is 11.8 Å². The summed E-state index contributed by atoms with van der Waals surface area (Å²) in [5.74, 6) is -0.958. The summed E-state index contributed by atoms with van der Waals surface area (Å²) in [6.07, 6.45) is 0. The number of carboxylic acids is 1. The molecule has 1 N–H and O–H groups in total. The van der Waals surface area contributed by atoms with E-state index in [1.54, 1.807) is 13.0 Å². The zero-order chi connectivity index (χ0) is 15.4. The number of carbonyl (C=O) groups is 1. The van der Waals surface area contributed by atoms with Crippen LogP contribution in [0.15, 0.2) is 36.4 Å². The van der Waals surface area contributed by atoms with Crippen LogP contribution in [0, 0.1) is 24.1 Å². The fraction of sp³-hybridized carbons (Fsp3) is 0.125. The van der Waals surface area contributed by atoms with Crippen molar-refractivity contribution < 1.29 is 19.0 Å². The van der Waals surface area contributed by atoms with Crippen LogP contribution in [0.5, 0.6) is 5.75 Å². The second kappa shape index (κ2) is 6.06. The fourth-order valence-corrected chi connectivity index (χ4v) is 1.89. The summed E-state index contributed by atoms with van der Waals surface area (Å²) in [4.78, 5) is 10.8. The Morgan fingerprint density at radius 1 is 1.33 bits per heavy atom. The van der Waals surface area contributed by atoms with Crippen LogP contribution < -0.4 is 4.74 Å². The van der Waals surface area contributed by atoms with E-state index in [1.165, 1.54) is 30.3 Å². The number of hydrogen-bond acceptors (Lipinski definition) is 3. The lowest BCUT2D eigenvalue weighted by molar-refractivity contribution is 0.0696. The third-order valence-electron chi connectivity index (χ3n) is 2.99. The SMILES string of the molecule is Cc1cc(C(=O)O)ccc1OCc1cc(F)ccc1C#N. The van der Waals surface area contributed by atoms with Crippen LogP contribution in [0.3, 0.4) is 0 Å². The molecule has 0 radical (unpaired) electrons. The fourth-order valence-electron chi connectivity index (χ4n) is 1.89. The van der Waals surface area contributed by atoms with Crippen LogP contribution in [-0.2, 0) is 6.61 Å². The van der Waals surface area contributed by atoms with E-state index in [4.69, 9.17) is 15.1 Å². The Morgan fingerprint density at radius 3 is 2.71 bits per heavy atom. The van der Waals surface area contributed by atoms with Crippen molar-refractivity contribution in [1.82, 2.24) is 0 Å². The zero-order valence-corrected chi connectivity index (χ0v) is 11.3. The van der Waals surface area contributed by atoms with Gasteiger partial charge in [0.1, 0.15) is 18.2 Å². The number of aromatic carboxylic acids is 1.